The van der Waals surface area contributed by atoms with Gasteiger partial charge in [0.15, 0.2) is 0 Å². The van der Waals surface area contributed by atoms with E-state index in [9.17, 15) is 13.2 Å². The summed E-state index contributed by atoms with van der Waals surface area (Å²) in [5.74, 6) is 0.720. The molecule has 2 aromatic rings. The highest BCUT2D eigenvalue weighted by Gasteiger charge is 2.21. The molecule has 1 amide bonds. The largest absolute Gasteiger partial charge is 0.351 e. The average molecular weight is 419 g/mol. The molecular formula is C21H26N2O3S2. The first-order valence-corrected chi connectivity index (χ1v) is 12.0. The van der Waals surface area contributed by atoms with Gasteiger partial charge in [0.25, 0.3) is 15.9 Å². The van der Waals surface area contributed by atoms with Crippen LogP contribution in [0.25, 0.3) is 0 Å². The second-order valence-electron chi connectivity index (χ2n) is 6.87. The fourth-order valence-electron chi connectivity index (χ4n) is 3.28. The van der Waals surface area contributed by atoms with Crippen LogP contribution in [0.3, 0.4) is 0 Å². The van der Waals surface area contributed by atoms with Crippen LogP contribution in [0.15, 0.2) is 59.5 Å². The molecule has 0 unspecified atom stereocenters. The highest BCUT2D eigenvalue weighted by atomic mass is 32.2. The van der Waals surface area contributed by atoms with Gasteiger partial charge < -0.3 is 5.32 Å². The smallest absolute Gasteiger partial charge is 0.264 e. The number of benzene rings is 2. The molecule has 1 fully saturated rings. The van der Waals surface area contributed by atoms with Crippen LogP contribution in [-0.2, 0) is 10.0 Å². The van der Waals surface area contributed by atoms with Crippen LogP contribution >= 0.6 is 11.8 Å². The molecule has 1 N–H and O–H groups in total. The lowest BCUT2D eigenvalue weighted by molar-refractivity contribution is 0.0956. The molecule has 0 aliphatic heterocycles. The number of hydrogen-bond donors (Lipinski definition) is 1. The van der Waals surface area contributed by atoms with Crippen molar-refractivity contribution in [2.45, 2.75) is 35.8 Å². The molecule has 150 valence electrons. The molecule has 0 bridgehead atoms. The maximum absolute atomic E-state index is 12.8. The van der Waals surface area contributed by atoms with Gasteiger partial charge in [-0.1, -0.05) is 37.1 Å². The molecule has 0 radical (unpaired) electrons. The number of carbonyl (C=O) groups excluding carboxylic acids is 1. The number of carbonyl (C=O) groups is 1. The van der Waals surface area contributed by atoms with Crippen LogP contribution in [-0.4, -0.2) is 38.9 Å². The molecule has 5 nitrogen and oxygen atoms in total. The Hall–Kier alpha value is -1.99. The lowest BCUT2D eigenvalue weighted by atomic mass is 10.2. The van der Waals surface area contributed by atoms with Gasteiger partial charge in [-0.15, -0.1) is 0 Å². The van der Waals surface area contributed by atoms with E-state index in [1.54, 1.807) is 54.6 Å². The number of amides is 1. The summed E-state index contributed by atoms with van der Waals surface area (Å²) < 4.78 is 26.7. The van der Waals surface area contributed by atoms with E-state index in [1.165, 1.54) is 37.0 Å². The third-order valence-electron chi connectivity index (χ3n) is 4.92. The molecular weight excluding hydrogens is 392 g/mol. The third kappa shape index (κ3) is 5.08. The Kier molecular flexibility index (Phi) is 7.02. The van der Waals surface area contributed by atoms with E-state index in [4.69, 9.17) is 0 Å². The first kappa shape index (κ1) is 20.7. The molecule has 7 heteroatoms. The lowest BCUT2D eigenvalue weighted by Gasteiger charge is -2.20. The van der Waals surface area contributed by atoms with Crippen LogP contribution in [0.1, 0.15) is 36.0 Å². The van der Waals surface area contributed by atoms with Crippen molar-refractivity contribution in [3.63, 3.8) is 0 Å². The van der Waals surface area contributed by atoms with E-state index in [0.717, 1.165) is 11.0 Å². The van der Waals surface area contributed by atoms with Gasteiger partial charge >= 0.3 is 0 Å². The first-order chi connectivity index (χ1) is 13.5. The number of rotatable bonds is 8. The summed E-state index contributed by atoms with van der Waals surface area (Å²) >= 11 is 1.93. The summed E-state index contributed by atoms with van der Waals surface area (Å²) in [7, 11) is -2.17. The van der Waals surface area contributed by atoms with Crippen LogP contribution in [0.4, 0.5) is 5.69 Å². The predicted molar refractivity (Wildman–Crippen MR) is 116 cm³/mol. The van der Waals surface area contributed by atoms with Crippen LogP contribution in [0, 0.1) is 0 Å². The molecule has 1 aliphatic carbocycles. The SMILES string of the molecule is CN(c1cccc(C(=O)NCCSC2CCCC2)c1)S(=O)(=O)c1ccccc1. The Bertz CT molecular complexity index is 895. The summed E-state index contributed by atoms with van der Waals surface area (Å²) in [6, 6.07) is 15.0. The highest BCUT2D eigenvalue weighted by Crippen LogP contribution is 2.29. The van der Waals surface area contributed by atoms with Gasteiger partial charge in [-0.05, 0) is 43.2 Å². The molecule has 3 rings (SSSR count). The predicted octanol–water partition coefficient (Wildman–Crippen LogP) is 3.92. The van der Waals surface area contributed by atoms with Gasteiger partial charge in [0, 0.05) is 30.2 Å². The molecule has 0 heterocycles. The van der Waals surface area contributed by atoms with E-state index in [-0.39, 0.29) is 10.8 Å². The van der Waals surface area contributed by atoms with Gasteiger partial charge in [0.1, 0.15) is 0 Å². The van der Waals surface area contributed by atoms with Crippen molar-refractivity contribution < 1.29 is 13.2 Å². The van der Waals surface area contributed by atoms with E-state index in [1.807, 2.05) is 11.8 Å². The van der Waals surface area contributed by atoms with Crippen LogP contribution in [0.2, 0.25) is 0 Å². The van der Waals surface area contributed by atoms with Crippen molar-refractivity contribution in [1.29, 1.82) is 0 Å². The number of hydrogen-bond acceptors (Lipinski definition) is 4. The number of sulfonamides is 1. The Morgan fingerprint density at radius 2 is 1.82 bits per heavy atom. The van der Waals surface area contributed by atoms with Gasteiger partial charge in [-0.25, -0.2) is 8.42 Å². The Morgan fingerprint density at radius 3 is 2.54 bits per heavy atom. The molecule has 1 aliphatic rings. The summed E-state index contributed by atoms with van der Waals surface area (Å²) in [5.41, 5.74) is 0.912. The summed E-state index contributed by atoms with van der Waals surface area (Å²) in [6.07, 6.45) is 5.19. The molecule has 0 saturated heterocycles. The number of nitrogens with zero attached hydrogens (tertiary/aromatic N) is 1. The van der Waals surface area contributed by atoms with E-state index in [2.05, 4.69) is 5.32 Å². The molecule has 28 heavy (non-hydrogen) atoms. The van der Waals surface area contributed by atoms with Crippen molar-refractivity contribution in [1.82, 2.24) is 5.32 Å². The number of nitrogens with one attached hydrogen (secondary N) is 1. The Balaban J connectivity index is 1.62. The summed E-state index contributed by atoms with van der Waals surface area (Å²) in [5, 5.41) is 3.67. The quantitative estimate of drug-likeness (QED) is 0.660. The van der Waals surface area contributed by atoms with Crippen molar-refractivity contribution in [2.24, 2.45) is 0 Å². The Morgan fingerprint density at radius 1 is 1.11 bits per heavy atom. The Labute approximate surface area is 171 Å². The van der Waals surface area contributed by atoms with Crippen molar-refractivity contribution in [2.75, 3.05) is 23.7 Å². The third-order valence-corrected chi connectivity index (χ3v) is 8.10. The number of thioether (sulfide) groups is 1. The number of anilines is 1. The van der Waals surface area contributed by atoms with E-state index < -0.39 is 10.0 Å². The normalized spacial score (nSPS) is 14.8. The zero-order valence-electron chi connectivity index (χ0n) is 16.0. The van der Waals surface area contributed by atoms with Gasteiger partial charge in [0.2, 0.25) is 0 Å². The van der Waals surface area contributed by atoms with Crippen molar-refractivity contribution in [3.05, 3.63) is 60.2 Å². The minimum atomic E-state index is -3.67. The second-order valence-corrected chi connectivity index (χ2v) is 10.2. The molecule has 1 saturated carbocycles. The zero-order chi connectivity index (χ0) is 20.0. The fourth-order valence-corrected chi connectivity index (χ4v) is 5.71. The van der Waals surface area contributed by atoms with Crippen LogP contribution < -0.4 is 9.62 Å². The minimum Gasteiger partial charge on any atom is -0.351 e. The van der Waals surface area contributed by atoms with Gasteiger partial charge in [0.05, 0.1) is 10.6 Å². The molecule has 0 spiro atoms. The molecule has 0 aromatic heterocycles. The van der Waals surface area contributed by atoms with Gasteiger partial charge in [-0.2, -0.15) is 11.8 Å². The maximum Gasteiger partial charge on any atom is 0.264 e. The topological polar surface area (TPSA) is 66.5 Å². The first-order valence-electron chi connectivity index (χ1n) is 9.52. The highest BCUT2D eigenvalue weighted by molar-refractivity contribution is 7.99. The standard InChI is InChI=1S/C21H26N2O3S2/c1-23(28(25,26)20-12-3-2-4-13-20)18-9-7-8-17(16-18)21(24)22-14-15-27-19-10-5-6-11-19/h2-4,7-9,12-13,16,19H,5-6,10-11,14-15H2,1H3,(H,22,24). The summed E-state index contributed by atoms with van der Waals surface area (Å²) in [4.78, 5) is 12.7. The fraction of sp³-hybridized carbons (Fsp3) is 0.381. The second kappa shape index (κ2) is 9.47. The maximum atomic E-state index is 12.8. The average Bonchev–Trinajstić information content (AvgIpc) is 3.25. The van der Waals surface area contributed by atoms with Crippen molar-refractivity contribution >= 4 is 33.4 Å². The van der Waals surface area contributed by atoms with Crippen LogP contribution in [0.5, 0.6) is 0 Å². The molecule has 0 atom stereocenters. The lowest BCUT2D eigenvalue weighted by Crippen LogP contribution is -2.28. The van der Waals surface area contributed by atoms with Crippen molar-refractivity contribution in [3.8, 4) is 0 Å². The summed E-state index contributed by atoms with van der Waals surface area (Å²) in [6.45, 7) is 0.613. The van der Waals surface area contributed by atoms with E-state index in [0.29, 0.717) is 17.8 Å². The zero-order valence-corrected chi connectivity index (χ0v) is 17.6. The molecule has 2 aromatic carbocycles. The van der Waals surface area contributed by atoms with Gasteiger partial charge in [-0.3, -0.25) is 9.10 Å². The van der Waals surface area contributed by atoms with E-state index >= 15 is 0 Å². The minimum absolute atomic E-state index is 0.181. The monoisotopic (exact) mass is 418 g/mol.